The molecular weight excluding hydrogens is 246 g/mol. The molecule has 0 bridgehead atoms. The highest BCUT2D eigenvalue weighted by molar-refractivity contribution is 7.97. The Bertz CT molecular complexity index is 489. The summed E-state index contributed by atoms with van der Waals surface area (Å²) >= 11 is 0.990. The average molecular weight is 255 g/mol. The van der Waals surface area contributed by atoms with Crippen molar-refractivity contribution in [2.24, 2.45) is 0 Å². The summed E-state index contributed by atoms with van der Waals surface area (Å²) in [6, 6.07) is 3.48. The van der Waals surface area contributed by atoms with Gasteiger partial charge >= 0.3 is 0 Å². The molecule has 0 aromatic heterocycles. The Balaban J connectivity index is 3.08. The lowest BCUT2D eigenvalue weighted by Crippen LogP contribution is -2.00. The third-order valence-electron chi connectivity index (χ3n) is 1.69. The number of hydrogen-bond donors (Lipinski definition) is 1. The lowest BCUT2D eigenvalue weighted by molar-refractivity contribution is -0.396. The molecule has 1 rings (SSSR count). The van der Waals surface area contributed by atoms with Crippen LogP contribution in [0, 0.1) is 20.2 Å². The van der Waals surface area contributed by atoms with Crippen molar-refractivity contribution in [3.8, 4) is 0 Å². The number of benzene rings is 1. The summed E-state index contributed by atoms with van der Waals surface area (Å²) in [7, 11) is 0. The van der Waals surface area contributed by atoms with Crippen molar-refractivity contribution in [3.05, 3.63) is 50.7 Å². The molecule has 0 atom stereocenters. The Morgan fingerprint density at radius 2 is 2.00 bits per heavy atom. The highest BCUT2D eigenvalue weighted by Crippen LogP contribution is 2.31. The Morgan fingerprint density at radius 1 is 1.35 bits per heavy atom. The van der Waals surface area contributed by atoms with Crippen molar-refractivity contribution in [1.29, 1.82) is 0 Å². The zero-order valence-electron chi connectivity index (χ0n) is 8.87. The fourth-order valence-corrected chi connectivity index (χ4v) is 1.65. The van der Waals surface area contributed by atoms with Crippen LogP contribution in [-0.2, 0) is 0 Å². The summed E-state index contributed by atoms with van der Waals surface area (Å²) < 4.78 is 2.75. The smallest absolute Gasteiger partial charge is 0.291 e. The fraction of sp³-hybridized carbons (Fsp3) is 0.111. The molecule has 0 spiro atoms. The normalized spacial score (nSPS) is 9.71. The highest BCUT2D eigenvalue weighted by atomic mass is 32.2. The third kappa shape index (κ3) is 3.45. The van der Waals surface area contributed by atoms with Crippen LogP contribution < -0.4 is 4.72 Å². The fourth-order valence-electron chi connectivity index (χ4n) is 0.990. The van der Waals surface area contributed by atoms with E-state index in [0.29, 0.717) is 10.6 Å². The molecule has 0 unspecified atom stereocenters. The predicted molar refractivity (Wildman–Crippen MR) is 63.6 cm³/mol. The van der Waals surface area contributed by atoms with Crippen molar-refractivity contribution in [2.75, 3.05) is 0 Å². The Labute approximate surface area is 101 Å². The largest absolute Gasteiger partial charge is 0.330 e. The molecule has 0 radical (unpaired) electrons. The van der Waals surface area contributed by atoms with E-state index in [4.69, 9.17) is 0 Å². The van der Waals surface area contributed by atoms with Crippen molar-refractivity contribution in [1.82, 2.24) is 4.72 Å². The number of allylic oxidation sites excluding steroid dienone is 1. The van der Waals surface area contributed by atoms with E-state index < -0.39 is 9.85 Å². The monoisotopic (exact) mass is 255 g/mol. The first kappa shape index (κ1) is 13.0. The van der Waals surface area contributed by atoms with Crippen molar-refractivity contribution in [2.45, 2.75) is 11.8 Å². The molecule has 7 nitrogen and oxygen atoms in total. The molecule has 0 aliphatic carbocycles. The van der Waals surface area contributed by atoms with Gasteiger partial charge in [-0.05, 0) is 24.9 Å². The lowest BCUT2D eigenvalue weighted by Gasteiger charge is -2.04. The van der Waals surface area contributed by atoms with Crippen LogP contribution in [0.2, 0.25) is 0 Å². The summed E-state index contributed by atoms with van der Waals surface area (Å²) in [4.78, 5) is 20.2. The maximum absolute atomic E-state index is 10.8. The average Bonchev–Trinajstić information content (AvgIpc) is 2.25. The molecule has 0 fully saturated rings. The summed E-state index contributed by atoms with van der Waals surface area (Å²) in [5.41, 5.74) is 0.0111. The molecule has 17 heavy (non-hydrogen) atoms. The van der Waals surface area contributed by atoms with E-state index >= 15 is 0 Å². The number of rotatable bonds is 5. The van der Waals surface area contributed by atoms with E-state index in [1.165, 1.54) is 12.1 Å². The molecule has 0 aliphatic heterocycles. The molecule has 0 amide bonds. The molecule has 8 heteroatoms. The molecule has 0 heterocycles. The molecule has 1 aromatic rings. The standard InChI is InChI=1S/C9H9N3O4S/c1-6(2)10-17-9-4-3-7(11(13)14)5-8(9)12(15)16/h3-5,10H,1H2,2H3. The van der Waals surface area contributed by atoms with Gasteiger partial charge in [0.05, 0.1) is 15.9 Å². The van der Waals surface area contributed by atoms with Crippen molar-refractivity contribution >= 4 is 23.3 Å². The van der Waals surface area contributed by atoms with Crippen LogP contribution in [0.1, 0.15) is 6.92 Å². The van der Waals surface area contributed by atoms with Crippen LogP contribution in [0.3, 0.4) is 0 Å². The Hall–Kier alpha value is -2.09. The topological polar surface area (TPSA) is 98.3 Å². The Morgan fingerprint density at radius 3 is 2.47 bits per heavy atom. The van der Waals surface area contributed by atoms with Gasteiger partial charge in [0.2, 0.25) is 0 Å². The quantitative estimate of drug-likeness (QED) is 0.493. The molecular formula is C9H9N3O4S. The van der Waals surface area contributed by atoms with Crippen molar-refractivity contribution < 1.29 is 9.85 Å². The van der Waals surface area contributed by atoms with E-state index in [2.05, 4.69) is 11.3 Å². The first-order valence-electron chi connectivity index (χ1n) is 4.43. The summed E-state index contributed by atoms with van der Waals surface area (Å²) in [5, 5.41) is 21.3. The van der Waals surface area contributed by atoms with E-state index in [-0.39, 0.29) is 11.4 Å². The molecule has 1 N–H and O–H groups in total. The van der Waals surface area contributed by atoms with E-state index in [1.54, 1.807) is 6.92 Å². The number of nitrogens with one attached hydrogen (secondary N) is 1. The predicted octanol–water partition coefficient (Wildman–Crippen LogP) is 2.63. The number of nitrogens with zero attached hydrogens (tertiary/aromatic N) is 2. The second kappa shape index (κ2) is 5.30. The van der Waals surface area contributed by atoms with Crippen molar-refractivity contribution in [3.63, 3.8) is 0 Å². The summed E-state index contributed by atoms with van der Waals surface area (Å²) in [5.74, 6) is 0. The second-order valence-electron chi connectivity index (χ2n) is 3.15. The van der Waals surface area contributed by atoms with Gasteiger partial charge in [-0.15, -0.1) is 0 Å². The minimum atomic E-state index is -0.673. The van der Waals surface area contributed by atoms with Crippen LogP contribution in [0.15, 0.2) is 35.4 Å². The number of non-ortho nitro benzene ring substituents is 1. The van der Waals surface area contributed by atoms with Crippen LogP contribution in [0.25, 0.3) is 0 Å². The van der Waals surface area contributed by atoms with Gasteiger partial charge in [-0.1, -0.05) is 6.58 Å². The molecule has 0 aliphatic rings. The first-order valence-corrected chi connectivity index (χ1v) is 5.24. The third-order valence-corrected chi connectivity index (χ3v) is 2.70. The van der Waals surface area contributed by atoms with Gasteiger partial charge in [0.15, 0.2) is 0 Å². The molecule has 90 valence electrons. The van der Waals surface area contributed by atoms with Crippen LogP contribution >= 0.6 is 11.9 Å². The second-order valence-corrected chi connectivity index (χ2v) is 4.00. The number of nitro benzene ring substituents is 2. The maximum Gasteiger partial charge on any atom is 0.291 e. The van der Waals surface area contributed by atoms with Gasteiger partial charge in [-0.25, -0.2) is 0 Å². The SMILES string of the molecule is C=C(C)NSc1ccc([N+](=O)[O-])cc1[N+](=O)[O-]. The zero-order chi connectivity index (χ0) is 13.0. The van der Waals surface area contributed by atoms with Crippen LogP contribution in [0.5, 0.6) is 0 Å². The maximum atomic E-state index is 10.8. The van der Waals surface area contributed by atoms with E-state index in [9.17, 15) is 20.2 Å². The number of nitro groups is 2. The van der Waals surface area contributed by atoms with Gasteiger partial charge < -0.3 is 4.72 Å². The van der Waals surface area contributed by atoms with E-state index in [1.807, 2.05) is 0 Å². The van der Waals surface area contributed by atoms with Crippen LogP contribution in [0.4, 0.5) is 11.4 Å². The Kier molecular flexibility index (Phi) is 4.05. The van der Waals surface area contributed by atoms with Gasteiger partial charge in [0.1, 0.15) is 4.90 Å². The molecule has 0 saturated carbocycles. The van der Waals surface area contributed by atoms with Gasteiger partial charge in [0, 0.05) is 11.8 Å². The summed E-state index contributed by atoms with van der Waals surface area (Å²) in [6.07, 6.45) is 0. The first-order chi connectivity index (χ1) is 7.91. The minimum Gasteiger partial charge on any atom is -0.330 e. The van der Waals surface area contributed by atoms with E-state index in [0.717, 1.165) is 18.0 Å². The van der Waals surface area contributed by atoms with Gasteiger partial charge in [-0.3, -0.25) is 20.2 Å². The molecule has 1 aromatic carbocycles. The summed E-state index contributed by atoms with van der Waals surface area (Å²) in [6.45, 7) is 5.28. The van der Waals surface area contributed by atoms with Gasteiger partial charge in [-0.2, -0.15) is 0 Å². The molecule has 0 saturated heterocycles. The number of hydrogen-bond acceptors (Lipinski definition) is 6. The lowest BCUT2D eigenvalue weighted by atomic mass is 10.3. The van der Waals surface area contributed by atoms with Gasteiger partial charge in [0.25, 0.3) is 11.4 Å². The zero-order valence-corrected chi connectivity index (χ0v) is 9.69. The highest BCUT2D eigenvalue weighted by Gasteiger charge is 2.19. The minimum absolute atomic E-state index is 0.295. The van der Waals surface area contributed by atoms with Crippen LogP contribution in [-0.4, -0.2) is 9.85 Å².